The summed E-state index contributed by atoms with van der Waals surface area (Å²) in [7, 11) is -1.35. The molecule has 2 N–H and O–H groups in total. The van der Waals surface area contributed by atoms with Gasteiger partial charge >= 0.3 is 0 Å². The number of hydrogen-bond donors (Lipinski definition) is 2. The van der Waals surface area contributed by atoms with Gasteiger partial charge in [-0.05, 0) is 47.2 Å². The fourth-order valence-electron chi connectivity index (χ4n) is 1.92. The van der Waals surface area contributed by atoms with E-state index >= 15 is 0 Å². The molecule has 1 aromatic rings. The number of rotatable bonds is 8. The molecule has 7 heteroatoms. The molecule has 1 rings (SSSR count). The molecule has 0 aliphatic rings. The third kappa shape index (κ3) is 5.56. The van der Waals surface area contributed by atoms with Crippen molar-refractivity contribution in [2.45, 2.75) is 39.7 Å². The van der Waals surface area contributed by atoms with Gasteiger partial charge in [-0.15, -0.1) is 11.3 Å². The quantitative estimate of drug-likeness (QED) is 0.718. The highest BCUT2D eigenvalue weighted by molar-refractivity contribution is 7.89. The Morgan fingerprint density at radius 1 is 1.32 bits per heavy atom. The predicted molar refractivity (Wildman–Crippen MR) is 80.1 cm³/mol. The zero-order valence-corrected chi connectivity index (χ0v) is 13.6. The Kier molecular flexibility index (Phi) is 6.38. The van der Waals surface area contributed by atoms with Crippen LogP contribution in [0.1, 0.15) is 41.4 Å². The van der Waals surface area contributed by atoms with E-state index < -0.39 is 10.0 Å². The molecule has 0 amide bonds. The molecular formula is C12H23N3O2S2. The molecule has 0 aliphatic heterocycles. The van der Waals surface area contributed by atoms with E-state index in [9.17, 15) is 8.42 Å². The van der Waals surface area contributed by atoms with Crippen LogP contribution in [0.3, 0.4) is 0 Å². The molecule has 1 unspecified atom stereocenters. The lowest BCUT2D eigenvalue weighted by Crippen LogP contribution is -2.29. The highest BCUT2D eigenvalue weighted by atomic mass is 32.2. The second kappa shape index (κ2) is 7.33. The molecule has 1 heterocycles. The lowest BCUT2D eigenvalue weighted by atomic mass is 10.2. The van der Waals surface area contributed by atoms with Crippen molar-refractivity contribution in [2.24, 2.45) is 0 Å². The molecule has 110 valence electrons. The minimum Gasteiger partial charge on any atom is -0.320 e. The van der Waals surface area contributed by atoms with Gasteiger partial charge in [0, 0.05) is 4.88 Å². The molecule has 0 saturated carbocycles. The van der Waals surface area contributed by atoms with Crippen LogP contribution in [0.2, 0.25) is 0 Å². The van der Waals surface area contributed by atoms with Gasteiger partial charge in [-0.3, -0.25) is 0 Å². The van der Waals surface area contributed by atoms with E-state index in [1.165, 1.54) is 0 Å². The number of nitrogens with one attached hydrogen (secondary N) is 2. The lowest BCUT2D eigenvalue weighted by molar-refractivity contribution is 0.563. The average molecular weight is 305 g/mol. The lowest BCUT2D eigenvalue weighted by Gasteiger charge is -2.13. The molecule has 1 atom stereocenters. The molecule has 0 saturated heterocycles. The highest BCUT2D eigenvalue weighted by Gasteiger charge is 2.19. The van der Waals surface area contributed by atoms with Gasteiger partial charge in [0.05, 0.1) is 22.5 Å². The van der Waals surface area contributed by atoms with Gasteiger partial charge in [0.2, 0.25) is 10.0 Å². The first-order valence-corrected chi connectivity index (χ1v) is 8.91. The summed E-state index contributed by atoms with van der Waals surface area (Å²) >= 11 is 1.55. The SMILES string of the molecule is CNCCCCS(=O)(=O)NC(C)c1sc(C)nc1C. The van der Waals surface area contributed by atoms with Crippen LogP contribution in [0.25, 0.3) is 0 Å². The van der Waals surface area contributed by atoms with E-state index in [0.29, 0.717) is 6.42 Å². The van der Waals surface area contributed by atoms with Gasteiger partial charge in [-0.2, -0.15) is 0 Å². The predicted octanol–water partition coefficient (Wildman–Crippen LogP) is 1.74. The molecule has 0 aromatic carbocycles. The maximum absolute atomic E-state index is 11.9. The second-order valence-electron chi connectivity index (χ2n) is 4.65. The fraction of sp³-hybridized carbons (Fsp3) is 0.750. The van der Waals surface area contributed by atoms with Crippen LogP contribution >= 0.6 is 11.3 Å². The van der Waals surface area contributed by atoms with E-state index in [-0.39, 0.29) is 11.8 Å². The van der Waals surface area contributed by atoms with Crippen LogP contribution in [-0.4, -0.2) is 32.7 Å². The van der Waals surface area contributed by atoms with Crippen molar-refractivity contribution in [3.05, 3.63) is 15.6 Å². The Balaban J connectivity index is 2.55. The topological polar surface area (TPSA) is 71.1 Å². The highest BCUT2D eigenvalue weighted by Crippen LogP contribution is 2.24. The van der Waals surface area contributed by atoms with Crippen molar-refractivity contribution in [2.75, 3.05) is 19.3 Å². The Morgan fingerprint density at radius 2 is 2.00 bits per heavy atom. The van der Waals surface area contributed by atoms with Gasteiger partial charge in [0.25, 0.3) is 0 Å². The van der Waals surface area contributed by atoms with E-state index in [1.807, 2.05) is 27.8 Å². The summed E-state index contributed by atoms with van der Waals surface area (Å²) in [6, 6.07) is -0.208. The first-order valence-electron chi connectivity index (χ1n) is 6.44. The summed E-state index contributed by atoms with van der Waals surface area (Å²) in [5.74, 6) is 0.176. The largest absolute Gasteiger partial charge is 0.320 e. The van der Waals surface area contributed by atoms with Crippen LogP contribution in [0.15, 0.2) is 0 Å². The third-order valence-electron chi connectivity index (χ3n) is 2.78. The number of thiazole rings is 1. The molecule has 0 bridgehead atoms. The van der Waals surface area contributed by atoms with E-state index in [2.05, 4.69) is 15.0 Å². The molecule has 0 aliphatic carbocycles. The summed E-state index contributed by atoms with van der Waals surface area (Å²) in [5.41, 5.74) is 0.910. The molecule has 5 nitrogen and oxygen atoms in total. The first kappa shape index (κ1) is 16.6. The first-order chi connectivity index (χ1) is 8.85. The molecule has 0 fully saturated rings. The van der Waals surface area contributed by atoms with E-state index in [1.54, 1.807) is 11.3 Å². The summed E-state index contributed by atoms with van der Waals surface area (Å²) < 4.78 is 26.6. The van der Waals surface area contributed by atoms with Crippen molar-refractivity contribution < 1.29 is 8.42 Å². The number of nitrogens with zero attached hydrogens (tertiary/aromatic N) is 1. The Hall–Kier alpha value is -0.500. The van der Waals surface area contributed by atoms with Crippen molar-refractivity contribution in [1.82, 2.24) is 15.0 Å². The van der Waals surface area contributed by atoms with Crippen LogP contribution in [0, 0.1) is 13.8 Å². The van der Waals surface area contributed by atoms with Gasteiger partial charge in [0.1, 0.15) is 0 Å². The Bertz CT molecular complexity index is 497. The number of sulfonamides is 1. The number of aromatic nitrogens is 1. The van der Waals surface area contributed by atoms with E-state index in [0.717, 1.165) is 28.5 Å². The van der Waals surface area contributed by atoms with Crippen LogP contribution in [-0.2, 0) is 10.0 Å². The monoisotopic (exact) mass is 305 g/mol. The van der Waals surface area contributed by atoms with E-state index in [4.69, 9.17) is 0 Å². The van der Waals surface area contributed by atoms with Crippen LogP contribution in [0.4, 0.5) is 0 Å². The minimum atomic E-state index is -3.22. The zero-order valence-electron chi connectivity index (χ0n) is 12.0. The smallest absolute Gasteiger partial charge is 0.212 e. The number of hydrogen-bond acceptors (Lipinski definition) is 5. The maximum Gasteiger partial charge on any atom is 0.212 e. The summed E-state index contributed by atoms with van der Waals surface area (Å²) in [4.78, 5) is 5.32. The molecule has 0 spiro atoms. The summed E-state index contributed by atoms with van der Waals surface area (Å²) in [5, 5.41) is 3.97. The second-order valence-corrected chi connectivity index (χ2v) is 7.76. The molecular weight excluding hydrogens is 282 g/mol. The summed E-state index contributed by atoms with van der Waals surface area (Å²) in [6.45, 7) is 6.56. The molecule has 1 aromatic heterocycles. The molecule has 19 heavy (non-hydrogen) atoms. The van der Waals surface area contributed by atoms with Crippen molar-refractivity contribution >= 4 is 21.4 Å². The fourth-order valence-corrected chi connectivity index (χ4v) is 4.29. The zero-order chi connectivity index (χ0) is 14.5. The number of unbranched alkanes of at least 4 members (excludes halogenated alkanes) is 1. The summed E-state index contributed by atoms with van der Waals surface area (Å²) in [6.07, 6.45) is 1.54. The van der Waals surface area contributed by atoms with Gasteiger partial charge in [-0.25, -0.2) is 18.1 Å². The number of aryl methyl sites for hydroxylation is 2. The minimum absolute atomic E-state index is 0.176. The van der Waals surface area contributed by atoms with Crippen molar-refractivity contribution in [1.29, 1.82) is 0 Å². The van der Waals surface area contributed by atoms with Gasteiger partial charge in [0.15, 0.2) is 0 Å². The normalized spacial score (nSPS) is 13.7. The molecule has 0 radical (unpaired) electrons. The Labute approximate surface area is 119 Å². The van der Waals surface area contributed by atoms with Gasteiger partial charge in [-0.1, -0.05) is 0 Å². The third-order valence-corrected chi connectivity index (χ3v) is 5.57. The standard InChI is InChI=1S/C12H23N3O2S2/c1-9-12(18-11(3)14-9)10(2)15-19(16,17)8-6-5-7-13-4/h10,13,15H,5-8H2,1-4H3. The average Bonchev–Trinajstić information content (AvgIpc) is 2.63. The maximum atomic E-state index is 11.9. The van der Waals surface area contributed by atoms with Gasteiger partial charge < -0.3 is 5.32 Å². The van der Waals surface area contributed by atoms with Crippen LogP contribution < -0.4 is 10.0 Å². The Morgan fingerprint density at radius 3 is 2.53 bits per heavy atom. The van der Waals surface area contributed by atoms with Crippen molar-refractivity contribution in [3.63, 3.8) is 0 Å². The van der Waals surface area contributed by atoms with Crippen molar-refractivity contribution in [3.8, 4) is 0 Å². The van der Waals surface area contributed by atoms with Crippen LogP contribution in [0.5, 0.6) is 0 Å².